The topological polar surface area (TPSA) is 218 Å². The number of piperazine rings is 2. The number of hydrogen-bond acceptors (Lipinski definition) is 17. The Balaban J connectivity index is 0.000000206. The molecule has 70 heavy (non-hydrogen) atoms. The van der Waals surface area contributed by atoms with E-state index in [4.69, 9.17) is 19.9 Å². The Bertz CT molecular complexity index is 2280. The quantitative estimate of drug-likeness (QED) is 0.0589. The number of hydrogen-bond donors (Lipinski definition) is 4. The monoisotopic (exact) mass is 1050 g/mol. The summed E-state index contributed by atoms with van der Waals surface area (Å²) in [6.45, 7) is 10.8. The van der Waals surface area contributed by atoms with Gasteiger partial charge in [-0.15, -0.1) is 11.3 Å². The number of nitrogens with zero attached hydrogens (tertiary/aromatic N) is 7. The minimum absolute atomic E-state index is 0.163. The number of nitrogens with one attached hydrogen (secondary N) is 2. The van der Waals surface area contributed by atoms with Crippen LogP contribution in [-0.2, 0) is 29.6 Å². The molecule has 4 aliphatic heterocycles. The van der Waals surface area contributed by atoms with Crippen molar-refractivity contribution >= 4 is 76.7 Å². The third-order valence-corrected chi connectivity index (χ3v) is 19.4. The summed E-state index contributed by atoms with van der Waals surface area (Å²) in [5.41, 5.74) is 6.38. The number of carbonyl (C=O) groups is 2. The smallest absolute Gasteiger partial charge is 0.248 e. The standard InChI is InChI=1S/C24H34N4O5S2.C23H33N5O5S2/c1-2-3-13-33-22-6-4-20(5-7-22)26-9-11-28(12-10-26)35(31,32)23-15-19(24(29)25-30)16-27(17-23)21-8-14-34-18-21;1-2-3-13-33-20-6-4-19(5-7-20)26-9-11-28(12-10-26)35(31,32)21-15-18(22(29)25-30)16-27(17-21)23-24-8-14-34-23/h4-8,14,18-19,23,30H,2-3,9-13,15-17H2,1H3,(H,25,29);4-8,14,18,21,30H,2-3,9-13,15-17H2,1H3,(H,25,29). The number of piperidine rings is 2. The van der Waals surface area contributed by atoms with E-state index in [2.05, 4.69) is 28.6 Å². The van der Waals surface area contributed by atoms with Crippen molar-refractivity contribution in [3.05, 3.63) is 76.9 Å². The van der Waals surface area contributed by atoms with E-state index in [1.54, 1.807) is 21.5 Å². The van der Waals surface area contributed by atoms with Gasteiger partial charge in [0.1, 0.15) is 11.5 Å². The number of benzene rings is 2. The summed E-state index contributed by atoms with van der Waals surface area (Å²) >= 11 is 2.92. The van der Waals surface area contributed by atoms with Crippen molar-refractivity contribution in [2.75, 3.05) is 111 Å². The molecule has 4 saturated heterocycles. The fourth-order valence-corrected chi connectivity index (χ4v) is 14.5. The third-order valence-electron chi connectivity index (χ3n) is 13.3. The second-order valence-electron chi connectivity index (χ2n) is 17.9. The lowest BCUT2D eigenvalue weighted by Gasteiger charge is -2.41. The van der Waals surface area contributed by atoms with Gasteiger partial charge in [-0.2, -0.15) is 19.9 Å². The predicted octanol–water partition coefficient (Wildman–Crippen LogP) is 4.95. The highest BCUT2D eigenvalue weighted by molar-refractivity contribution is 7.90. The lowest BCUT2D eigenvalue weighted by molar-refractivity contribution is -0.134. The van der Waals surface area contributed by atoms with Crippen molar-refractivity contribution in [2.24, 2.45) is 11.8 Å². The minimum Gasteiger partial charge on any atom is -0.494 e. The van der Waals surface area contributed by atoms with E-state index >= 15 is 0 Å². The number of carbonyl (C=O) groups excluding carboxylic acids is 2. The number of rotatable bonds is 18. The molecule has 4 aliphatic rings. The first-order valence-corrected chi connectivity index (χ1v) is 28.9. The van der Waals surface area contributed by atoms with Crippen LogP contribution in [0.4, 0.5) is 22.2 Å². The molecule has 8 rings (SSSR count). The molecular formula is C47H67N9O10S4. The molecular weight excluding hydrogens is 979 g/mol. The summed E-state index contributed by atoms with van der Waals surface area (Å²) in [5.74, 6) is -0.677. The summed E-state index contributed by atoms with van der Waals surface area (Å²) < 4.78 is 68.9. The number of aromatic nitrogens is 1. The zero-order valence-corrected chi connectivity index (χ0v) is 43.1. The van der Waals surface area contributed by atoms with Crippen molar-refractivity contribution in [1.82, 2.24) is 24.6 Å². The van der Waals surface area contributed by atoms with Crippen LogP contribution in [-0.4, -0.2) is 155 Å². The van der Waals surface area contributed by atoms with Crippen LogP contribution in [0.3, 0.4) is 0 Å². The number of thiophene rings is 1. The first-order valence-electron chi connectivity index (χ1n) is 24.1. The van der Waals surface area contributed by atoms with Crippen LogP contribution in [0.5, 0.6) is 11.5 Å². The van der Waals surface area contributed by atoms with Crippen LogP contribution >= 0.6 is 22.7 Å². The first kappa shape index (κ1) is 53.1. The van der Waals surface area contributed by atoms with Gasteiger partial charge >= 0.3 is 0 Å². The highest BCUT2D eigenvalue weighted by atomic mass is 32.2. The minimum atomic E-state index is -3.65. The van der Waals surface area contributed by atoms with Crippen LogP contribution in [0.1, 0.15) is 52.4 Å². The molecule has 384 valence electrons. The van der Waals surface area contributed by atoms with Gasteiger partial charge in [0.2, 0.25) is 31.9 Å². The number of thiazole rings is 1. The number of hydroxylamine groups is 2. The molecule has 6 heterocycles. The van der Waals surface area contributed by atoms with Crippen LogP contribution in [0.15, 0.2) is 76.9 Å². The van der Waals surface area contributed by atoms with Gasteiger partial charge in [-0.05, 0) is 85.7 Å². The summed E-state index contributed by atoms with van der Waals surface area (Å²) in [6.07, 6.45) is 6.23. The number of sulfonamides is 2. The van der Waals surface area contributed by atoms with E-state index in [9.17, 15) is 26.4 Å². The molecule has 4 atom stereocenters. The summed E-state index contributed by atoms with van der Waals surface area (Å²) in [7, 11) is -7.27. The second kappa shape index (κ2) is 25.1. The Hall–Kier alpha value is -4.75. The average Bonchev–Trinajstić information content (AvgIpc) is 4.16. The van der Waals surface area contributed by atoms with Crippen molar-refractivity contribution in [3.63, 3.8) is 0 Å². The lowest BCUT2D eigenvalue weighted by atomic mass is 9.97. The second-order valence-corrected chi connectivity index (χ2v) is 24.0. The maximum Gasteiger partial charge on any atom is 0.248 e. The normalized spacial score (nSPS) is 21.7. The SMILES string of the molecule is CCCCOc1ccc(N2CCN(S(=O)(=O)C3CC(C(=O)NO)CN(c4ccsc4)C3)CC2)cc1.CCCCOc1ccc(N2CCN(S(=O)(=O)C3CC(C(=O)NO)CN(c4nccs4)C3)CC2)cc1. The number of unbranched alkanes of at least 4 members (excludes halogenated alkanes) is 2. The maximum atomic E-state index is 13.6. The van der Waals surface area contributed by atoms with Gasteiger partial charge in [-0.1, -0.05) is 26.7 Å². The van der Waals surface area contributed by atoms with Crippen molar-refractivity contribution in [2.45, 2.75) is 62.9 Å². The van der Waals surface area contributed by atoms with Gasteiger partial charge in [-0.25, -0.2) is 32.8 Å². The predicted molar refractivity (Wildman–Crippen MR) is 274 cm³/mol. The van der Waals surface area contributed by atoms with Gasteiger partial charge in [0, 0.05) is 113 Å². The van der Waals surface area contributed by atoms with Crippen LogP contribution in [0, 0.1) is 11.8 Å². The van der Waals surface area contributed by atoms with Crippen LogP contribution < -0.4 is 40.0 Å². The van der Waals surface area contributed by atoms with Crippen molar-refractivity contribution in [1.29, 1.82) is 0 Å². The molecule has 0 aliphatic carbocycles. The van der Waals surface area contributed by atoms with E-state index in [-0.39, 0.29) is 19.4 Å². The van der Waals surface area contributed by atoms with Crippen LogP contribution in [0.25, 0.3) is 0 Å². The number of anilines is 4. The van der Waals surface area contributed by atoms with E-state index in [1.165, 1.54) is 27.0 Å². The van der Waals surface area contributed by atoms with E-state index in [0.717, 1.165) is 54.2 Å². The van der Waals surface area contributed by atoms with Gasteiger partial charge in [0.05, 0.1) is 35.5 Å². The molecule has 23 heteroatoms. The Morgan fingerprint density at radius 3 is 1.47 bits per heavy atom. The summed E-state index contributed by atoms with van der Waals surface area (Å²) in [5, 5.41) is 23.2. The molecule has 0 bridgehead atoms. The Labute approximate surface area is 420 Å². The van der Waals surface area contributed by atoms with Gasteiger partial charge in [0.15, 0.2) is 5.13 Å². The van der Waals surface area contributed by atoms with Crippen molar-refractivity contribution in [3.8, 4) is 11.5 Å². The largest absolute Gasteiger partial charge is 0.494 e. The van der Waals surface area contributed by atoms with Gasteiger partial charge in [-0.3, -0.25) is 20.0 Å². The molecule has 0 spiro atoms. The van der Waals surface area contributed by atoms with E-state index in [1.807, 2.05) is 80.5 Å². The van der Waals surface area contributed by atoms with Crippen molar-refractivity contribution < 1.29 is 46.3 Å². The molecule has 4 aromatic rings. The summed E-state index contributed by atoms with van der Waals surface area (Å²) in [4.78, 5) is 36.8. The summed E-state index contributed by atoms with van der Waals surface area (Å²) in [6, 6.07) is 17.8. The number of ether oxygens (including phenoxy) is 2. The lowest BCUT2D eigenvalue weighted by Crippen LogP contribution is -2.56. The van der Waals surface area contributed by atoms with E-state index in [0.29, 0.717) is 90.3 Å². The molecule has 19 nitrogen and oxygen atoms in total. The fourth-order valence-electron chi connectivity index (χ4n) is 9.27. The molecule has 4 fully saturated rings. The molecule has 0 radical (unpaired) electrons. The molecule has 2 aromatic carbocycles. The highest BCUT2D eigenvalue weighted by Gasteiger charge is 2.44. The molecule has 2 aromatic heterocycles. The maximum absolute atomic E-state index is 13.6. The zero-order valence-electron chi connectivity index (χ0n) is 39.9. The number of amides is 2. The Kier molecular flexibility index (Phi) is 19.0. The molecule has 0 saturated carbocycles. The van der Waals surface area contributed by atoms with Gasteiger partial charge in [0.25, 0.3) is 0 Å². The molecule has 2 amide bonds. The zero-order chi connectivity index (χ0) is 49.7. The Morgan fingerprint density at radius 2 is 1.07 bits per heavy atom. The Morgan fingerprint density at radius 1 is 0.614 bits per heavy atom. The fraction of sp³-hybridized carbons (Fsp3) is 0.553. The first-order chi connectivity index (χ1) is 33.8. The van der Waals surface area contributed by atoms with Crippen LogP contribution in [0.2, 0.25) is 0 Å². The third kappa shape index (κ3) is 13.4. The van der Waals surface area contributed by atoms with Gasteiger partial charge < -0.3 is 29.1 Å². The highest BCUT2D eigenvalue weighted by Crippen LogP contribution is 2.33. The average molecular weight is 1050 g/mol. The molecule has 4 unspecified atom stereocenters. The van der Waals surface area contributed by atoms with E-state index < -0.39 is 54.2 Å². The molecule has 4 N–H and O–H groups in total.